The maximum atomic E-state index is 11.8. The summed E-state index contributed by atoms with van der Waals surface area (Å²) in [7, 11) is 0. The number of ether oxygens (including phenoxy) is 2. The van der Waals surface area contributed by atoms with Gasteiger partial charge in [-0.05, 0) is 36.2 Å². The number of benzene rings is 2. The fourth-order valence-corrected chi connectivity index (χ4v) is 1.95. The van der Waals surface area contributed by atoms with Crippen LogP contribution < -0.4 is 4.74 Å². The molecule has 4 heteroatoms. The Balaban J connectivity index is 1.83. The highest BCUT2D eigenvalue weighted by molar-refractivity contribution is 5.90. The number of hydrogen-bond acceptors (Lipinski definition) is 4. The molecule has 2 aromatic carbocycles. The molecule has 2 rings (SSSR count). The number of rotatable bonds is 6. The summed E-state index contributed by atoms with van der Waals surface area (Å²) in [4.78, 5) is 23.4. The Labute approximate surface area is 129 Å². The predicted octanol–water partition coefficient (Wildman–Crippen LogP) is 3.40. The summed E-state index contributed by atoms with van der Waals surface area (Å²) in [6.45, 7) is 1.69. The van der Waals surface area contributed by atoms with E-state index in [0.717, 1.165) is 12.8 Å². The molecule has 0 aliphatic heterocycles. The molecule has 0 aromatic heterocycles. The number of para-hydroxylation sites is 1. The van der Waals surface area contributed by atoms with Gasteiger partial charge in [-0.15, -0.1) is 0 Å². The van der Waals surface area contributed by atoms with E-state index in [9.17, 15) is 9.59 Å². The first kappa shape index (κ1) is 15.8. The van der Waals surface area contributed by atoms with E-state index >= 15 is 0 Å². The molecule has 0 spiro atoms. The maximum absolute atomic E-state index is 11.8. The minimum absolute atomic E-state index is 0.412. The summed E-state index contributed by atoms with van der Waals surface area (Å²) in [6, 6.07) is 15.8. The summed E-state index contributed by atoms with van der Waals surface area (Å²) in [5.74, 6) is -0.720. The SMILES string of the molecule is CCCc1ccc(C(=O)OCC(=O)Oc2ccccc2)cc1. The van der Waals surface area contributed by atoms with Gasteiger partial charge in [-0.3, -0.25) is 0 Å². The first-order valence-electron chi connectivity index (χ1n) is 7.21. The third-order valence-corrected chi connectivity index (χ3v) is 3.02. The molecule has 0 radical (unpaired) electrons. The normalized spacial score (nSPS) is 10.0. The van der Waals surface area contributed by atoms with Gasteiger partial charge in [-0.2, -0.15) is 0 Å². The highest BCUT2D eigenvalue weighted by Crippen LogP contribution is 2.10. The Kier molecular flexibility index (Phi) is 5.72. The van der Waals surface area contributed by atoms with E-state index in [1.165, 1.54) is 5.56 Å². The third kappa shape index (κ3) is 4.74. The van der Waals surface area contributed by atoms with Crippen molar-refractivity contribution in [3.8, 4) is 5.75 Å². The van der Waals surface area contributed by atoms with Crippen molar-refractivity contribution in [2.24, 2.45) is 0 Å². The largest absolute Gasteiger partial charge is 0.450 e. The zero-order valence-corrected chi connectivity index (χ0v) is 12.5. The van der Waals surface area contributed by atoms with Crippen LogP contribution in [0.1, 0.15) is 29.3 Å². The van der Waals surface area contributed by atoms with E-state index in [4.69, 9.17) is 9.47 Å². The van der Waals surface area contributed by atoms with Crippen LogP contribution >= 0.6 is 0 Å². The lowest BCUT2D eigenvalue weighted by Crippen LogP contribution is -2.18. The van der Waals surface area contributed by atoms with Crippen molar-refractivity contribution in [1.29, 1.82) is 0 Å². The molecule has 0 aliphatic carbocycles. The predicted molar refractivity (Wildman–Crippen MR) is 82.8 cm³/mol. The third-order valence-electron chi connectivity index (χ3n) is 3.02. The lowest BCUT2D eigenvalue weighted by Gasteiger charge is -2.06. The minimum Gasteiger partial charge on any atom is -0.450 e. The van der Waals surface area contributed by atoms with Gasteiger partial charge in [0, 0.05) is 0 Å². The monoisotopic (exact) mass is 298 g/mol. The van der Waals surface area contributed by atoms with Crippen molar-refractivity contribution >= 4 is 11.9 Å². The van der Waals surface area contributed by atoms with Crippen LogP contribution in [0.2, 0.25) is 0 Å². The van der Waals surface area contributed by atoms with Crippen LogP contribution in [0.5, 0.6) is 5.75 Å². The molecule has 0 N–H and O–H groups in total. The number of aryl methyl sites for hydroxylation is 1. The molecular weight excluding hydrogens is 280 g/mol. The summed E-state index contributed by atoms with van der Waals surface area (Å²) in [5.41, 5.74) is 1.59. The molecule has 0 saturated heterocycles. The number of carbonyl (C=O) groups excluding carboxylic acids is 2. The van der Waals surface area contributed by atoms with Gasteiger partial charge >= 0.3 is 11.9 Å². The average Bonchev–Trinajstić information content (AvgIpc) is 2.54. The molecule has 0 atom stereocenters. The minimum atomic E-state index is -0.609. The molecule has 0 saturated carbocycles. The van der Waals surface area contributed by atoms with Crippen LogP contribution in [0, 0.1) is 0 Å². The molecule has 0 heterocycles. The second-order valence-corrected chi connectivity index (χ2v) is 4.81. The van der Waals surface area contributed by atoms with Crippen LogP contribution in [0.15, 0.2) is 54.6 Å². The highest BCUT2D eigenvalue weighted by atomic mass is 16.6. The average molecular weight is 298 g/mol. The molecule has 2 aromatic rings. The second-order valence-electron chi connectivity index (χ2n) is 4.81. The first-order chi connectivity index (χ1) is 10.7. The van der Waals surface area contributed by atoms with Gasteiger partial charge in [-0.25, -0.2) is 9.59 Å². The van der Waals surface area contributed by atoms with Crippen molar-refractivity contribution in [2.45, 2.75) is 19.8 Å². The van der Waals surface area contributed by atoms with Gasteiger partial charge in [0.25, 0.3) is 0 Å². The summed E-state index contributed by atoms with van der Waals surface area (Å²) >= 11 is 0. The van der Waals surface area contributed by atoms with Gasteiger partial charge in [-0.1, -0.05) is 43.7 Å². The van der Waals surface area contributed by atoms with E-state index in [1.807, 2.05) is 18.2 Å². The fraction of sp³-hybridized carbons (Fsp3) is 0.222. The molecule has 22 heavy (non-hydrogen) atoms. The Bertz CT molecular complexity index is 617. The topological polar surface area (TPSA) is 52.6 Å². The fourth-order valence-electron chi connectivity index (χ4n) is 1.95. The second kappa shape index (κ2) is 7.98. The highest BCUT2D eigenvalue weighted by Gasteiger charge is 2.11. The van der Waals surface area contributed by atoms with Gasteiger partial charge in [0.1, 0.15) is 5.75 Å². The molecule has 0 amide bonds. The van der Waals surface area contributed by atoms with Crippen molar-refractivity contribution in [3.05, 3.63) is 65.7 Å². The van der Waals surface area contributed by atoms with Crippen LogP contribution in [0.4, 0.5) is 0 Å². The number of carbonyl (C=O) groups is 2. The van der Waals surface area contributed by atoms with Crippen molar-refractivity contribution in [2.75, 3.05) is 6.61 Å². The lowest BCUT2D eigenvalue weighted by molar-refractivity contribution is -0.137. The van der Waals surface area contributed by atoms with Gasteiger partial charge in [0.2, 0.25) is 0 Å². The van der Waals surface area contributed by atoms with Gasteiger partial charge in [0.05, 0.1) is 5.56 Å². The van der Waals surface area contributed by atoms with E-state index in [1.54, 1.807) is 36.4 Å². The van der Waals surface area contributed by atoms with Crippen LogP contribution in [0.25, 0.3) is 0 Å². The van der Waals surface area contributed by atoms with Crippen molar-refractivity contribution in [3.63, 3.8) is 0 Å². The molecule has 4 nitrogen and oxygen atoms in total. The van der Waals surface area contributed by atoms with Gasteiger partial charge < -0.3 is 9.47 Å². The van der Waals surface area contributed by atoms with Crippen LogP contribution in [-0.4, -0.2) is 18.5 Å². The van der Waals surface area contributed by atoms with E-state index in [0.29, 0.717) is 11.3 Å². The smallest absolute Gasteiger partial charge is 0.349 e. The Hall–Kier alpha value is -2.62. The van der Waals surface area contributed by atoms with Crippen LogP contribution in [0.3, 0.4) is 0 Å². The van der Waals surface area contributed by atoms with Crippen molar-refractivity contribution < 1.29 is 19.1 Å². The quantitative estimate of drug-likeness (QED) is 0.606. The maximum Gasteiger partial charge on any atom is 0.349 e. The number of esters is 2. The van der Waals surface area contributed by atoms with E-state index < -0.39 is 18.5 Å². The summed E-state index contributed by atoms with van der Waals surface area (Å²) in [6.07, 6.45) is 2.02. The molecule has 0 bridgehead atoms. The summed E-state index contributed by atoms with van der Waals surface area (Å²) < 4.78 is 9.98. The number of hydrogen-bond donors (Lipinski definition) is 0. The lowest BCUT2D eigenvalue weighted by atomic mass is 10.1. The van der Waals surface area contributed by atoms with Gasteiger partial charge in [0.15, 0.2) is 6.61 Å². The first-order valence-corrected chi connectivity index (χ1v) is 7.21. The molecule has 0 unspecified atom stereocenters. The molecule has 114 valence electrons. The zero-order chi connectivity index (χ0) is 15.8. The zero-order valence-electron chi connectivity index (χ0n) is 12.5. The molecule has 0 aliphatic rings. The summed E-state index contributed by atoms with van der Waals surface area (Å²) in [5, 5.41) is 0. The molecular formula is C18H18O4. The Morgan fingerprint density at radius 1 is 0.955 bits per heavy atom. The molecule has 0 fully saturated rings. The van der Waals surface area contributed by atoms with E-state index in [2.05, 4.69) is 6.92 Å². The Morgan fingerprint density at radius 3 is 2.27 bits per heavy atom. The van der Waals surface area contributed by atoms with Crippen molar-refractivity contribution in [1.82, 2.24) is 0 Å². The van der Waals surface area contributed by atoms with E-state index in [-0.39, 0.29) is 0 Å². The standard InChI is InChI=1S/C18H18O4/c1-2-6-14-9-11-15(12-10-14)18(20)21-13-17(19)22-16-7-4-3-5-8-16/h3-5,7-12H,2,6,13H2,1H3. The Morgan fingerprint density at radius 2 is 1.64 bits per heavy atom. The van der Waals surface area contributed by atoms with Crippen LogP contribution in [-0.2, 0) is 16.0 Å².